The highest BCUT2D eigenvalue weighted by atomic mass is 35.5. The van der Waals surface area contributed by atoms with Crippen LogP contribution in [0.5, 0.6) is 0 Å². The molecule has 0 spiro atoms. The first-order valence-electron chi connectivity index (χ1n) is 8.41. The summed E-state index contributed by atoms with van der Waals surface area (Å²) >= 11 is 6.07. The number of halogens is 1. The molecule has 3 aromatic rings. The number of rotatable bonds is 2. The van der Waals surface area contributed by atoms with Crippen LogP contribution in [0.25, 0.3) is 11.0 Å². The van der Waals surface area contributed by atoms with Crippen LogP contribution >= 0.6 is 11.6 Å². The molecule has 0 unspecified atom stereocenters. The molecule has 4 rings (SSSR count). The fourth-order valence-electron chi connectivity index (χ4n) is 2.75. The van der Waals surface area contributed by atoms with Gasteiger partial charge in [-0.15, -0.1) is 0 Å². The molecule has 0 bridgehead atoms. The molecule has 0 amide bonds. The minimum absolute atomic E-state index is 0.340. The third kappa shape index (κ3) is 3.16. The lowest BCUT2D eigenvalue weighted by atomic mass is 10.2. The Morgan fingerprint density at radius 1 is 1.23 bits per heavy atom. The summed E-state index contributed by atoms with van der Waals surface area (Å²) < 4.78 is 1.47. The van der Waals surface area contributed by atoms with Gasteiger partial charge in [0.05, 0.1) is 5.52 Å². The second-order valence-electron chi connectivity index (χ2n) is 6.43. The van der Waals surface area contributed by atoms with Crippen molar-refractivity contribution in [2.75, 3.05) is 11.9 Å². The van der Waals surface area contributed by atoms with E-state index in [1.807, 2.05) is 36.2 Å². The molecule has 2 aromatic heterocycles. The Labute approximate surface area is 156 Å². The van der Waals surface area contributed by atoms with Crippen molar-refractivity contribution in [3.63, 3.8) is 0 Å². The first kappa shape index (κ1) is 16.6. The fraction of sp³-hybridized carbons (Fsp3) is 0.250. The van der Waals surface area contributed by atoms with Gasteiger partial charge < -0.3 is 4.90 Å². The van der Waals surface area contributed by atoms with Crippen LogP contribution in [0.2, 0.25) is 5.15 Å². The number of aromatic nitrogens is 3. The van der Waals surface area contributed by atoms with Gasteiger partial charge in [0, 0.05) is 31.3 Å². The minimum atomic E-state index is -0.340. The maximum absolute atomic E-state index is 12.3. The zero-order valence-electron chi connectivity index (χ0n) is 14.5. The van der Waals surface area contributed by atoms with E-state index in [9.17, 15) is 4.79 Å². The van der Waals surface area contributed by atoms with Crippen molar-refractivity contribution >= 4 is 34.1 Å². The Kier molecular flexibility index (Phi) is 4.14. The highest BCUT2D eigenvalue weighted by molar-refractivity contribution is 6.29. The highest BCUT2D eigenvalue weighted by Crippen LogP contribution is 2.29. The van der Waals surface area contributed by atoms with Gasteiger partial charge in [-0.3, -0.25) is 4.57 Å². The van der Waals surface area contributed by atoms with Gasteiger partial charge in [0.15, 0.2) is 5.82 Å². The number of pyridine rings is 1. The molecule has 1 fully saturated rings. The lowest BCUT2D eigenvalue weighted by Crippen LogP contribution is -2.25. The summed E-state index contributed by atoms with van der Waals surface area (Å²) in [6.45, 7) is 0. The number of nitrogens with zero attached hydrogens (tertiary/aromatic N) is 4. The van der Waals surface area contributed by atoms with Crippen molar-refractivity contribution in [1.29, 1.82) is 0 Å². The van der Waals surface area contributed by atoms with Crippen molar-refractivity contribution in [2.45, 2.75) is 12.8 Å². The highest BCUT2D eigenvalue weighted by Gasteiger charge is 2.18. The van der Waals surface area contributed by atoms with Crippen LogP contribution in [0, 0.1) is 17.8 Å². The molecule has 130 valence electrons. The van der Waals surface area contributed by atoms with Crippen LogP contribution < -0.4 is 10.6 Å². The average Bonchev–Trinajstić information content (AvgIpc) is 3.47. The summed E-state index contributed by atoms with van der Waals surface area (Å²) in [5.74, 6) is 7.50. The zero-order valence-corrected chi connectivity index (χ0v) is 15.3. The normalized spacial score (nSPS) is 13.3. The first-order valence-corrected chi connectivity index (χ1v) is 8.79. The predicted octanol–water partition coefficient (Wildman–Crippen LogP) is 3.51. The van der Waals surface area contributed by atoms with Gasteiger partial charge >= 0.3 is 5.69 Å². The van der Waals surface area contributed by atoms with Crippen molar-refractivity contribution in [3.8, 4) is 11.8 Å². The average molecular weight is 365 g/mol. The van der Waals surface area contributed by atoms with Crippen molar-refractivity contribution < 1.29 is 0 Å². The molecule has 0 aliphatic heterocycles. The van der Waals surface area contributed by atoms with E-state index in [2.05, 4.69) is 21.8 Å². The van der Waals surface area contributed by atoms with E-state index in [1.165, 1.54) is 17.4 Å². The molecule has 0 saturated heterocycles. The summed E-state index contributed by atoms with van der Waals surface area (Å²) in [6, 6.07) is 11.3. The summed E-state index contributed by atoms with van der Waals surface area (Å²) in [6.07, 6.45) is 2.39. The molecule has 0 radical (unpaired) electrons. The van der Waals surface area contributed by atoms with E-state index in [-0.39, 0.29) is 5.69 Å². The Bertz CT molecular complexity index is 1120. The van der Waals surface area contributed by atoms with Crippen LogP contribution in [-0.2, 0) is 7.05 Å². The quantitative estimate of drug-likeness (QED) is 0.515. The third-order valence-corrected chi connectivity index (χ3v) is 4.66. The number of aryl methyl sites for hydroxylation is 1. The molecule has 6 heteroatoms. The maximum Gasteiger partial charge on any atom is 0.349 e. The molecule has 5 nitrogen and oxygen atoms in total. The summed E-state index contributed by atoms with van der Waals surface area (Å²) in [5, 5.41) is 0.358. The lowest BCUT2D eigenvalue weighted by molar-refractivity contribution is 0.845. The standard InChI is InChI=1S/C20H17ClN4O/c1-24(15-5-3-4-14(12-15)9-8-13-6-7-13)19-18-16(10-11-17(21)22-18)25(2)20(26)23-19/h3-5,10-13H,6-7H2,1-2H3. The zero-order chi connectivity index (χ0) is 18.3. The molecule has 1 saturated carbocycles. The number of fused-ring (bicyclic) bond motifs is 1. The molecule has 1 aliphatic rings. The molecular formula is C20H17ClN4O. The number of hydrogen-bond acceptors (Lipinski definition) is 4. The molecular weight excluding hydrogens is 348 g/mol. The van der Waals surface area contributed by atoms with E-state index in [4.69, 9.17) is 11.6 Å². The summed E-state index contributed by atoms with van der Waals surface area (Å²) in [7, 11) is 3.53. The van der Waals surface area contributed by atoms with Gasteiger partial charge in [0.2, 0.25) is 0 Å². The van der Waals surface area contributed by atoms with Crippen molar-refractivity contribution in [2.24, 2.45) is 13.0 Å². The Morgan fingerprint density at radius 2 is 2.04 bits per heavy atom. The van der Waals surface area contributed by atoms with E-state index < -0.39 is 0 Å². The minimum Gasteiger partial charge on any atom is -0.327 e. The summed E-state index contributed by atoms with van der Waals surface area (Å²) in [5.41, 5.74) is 2.75. The van der Waals surface area contributed by atoms with Gasteiger partial charge in [0.25, 0.3) is 0 Å². The molecule has 1 aromatic carbocycles. The Balaban J connectivity index is 1.81. The topological polar surface area (TPSA) is 51.0 Å². The second-order valence-corrected chi connectivity index (χ2v) is 6.82. The monoisotopic (exact) mass is 364 g/mol. The predicted molar refractivity (Wildman–Crippen MR) is 104 cm³/mol. The van der Waals surface area contributed by atoms with Crippen LogP contribution in [-0.4, -0.2) is 21.6 Å². The summed E-state index contributed by atoms with van der Waals surface area (Å²) in [4.78, 5) is 22.7. The smallest absolute Gasteiger partial charge is 0.327 e. The Hall–Kier alpha value is -2.84. The first-order chi connectivity index (χ1) is 12.5. The third-order valence-electron chi connectivity index (χ3n) is 4.45. The molecule has 2 heterocycles. The van der Waals surface area contributed by atoms with Gasteiger partial charge in [-0.2, -0.15) is 4.98 Å². The largest absolute Gasteiger partial charge is 0.349 e. The Morgan fingerprint density at radius 3 is 2.81 bits per heavy atom. The van der Waals surface area contributed by atoms with Crippen LogP contribution in [0.1, 0.15) is 18.4 Å². The molecule has 1 aliphatic carbocycles. The van der Waals surface area contributed by atoms with Crippen molar-refractivity contribution in [3.05, 3.63) is 57.6 Å². The SMILES string of the molecule is CN(c1cccc(C#CC2CC2)c1)c1nc(=O)n(C)c2ccc(Cl)nc12. The molecule has 0 atom stereocenters. The molecule has 26 heavy (non-hydrogen) atoms. The fourth-order valence-corrected chi connectivity index (χ4v) is 2.89. The van der Waals surface area contributed by atoms with E-state index in [0.29, 0.717) is 27.9 Å². The number of benzene rings is 1. The van der Waals surface area contributed by atoms with E-state index >= 15 is 0 Å². The van der Waals surface area contributed by atoms with Gasteiger partial charge in [-0.25, -0.2) is 9.78 Å². The lowest BCUT2D eigenvalue weighted by Gasteiger charge is -2.20. The van der Waals surface area contributed by atoms with Gasteiger partial charge in [-0.1, -0.05) is 29.5 Å². The molecule has 0 N–H and O–H groups in total. The van der Waals surface area contributed by atoms with Gasteiger partial charge in [-0.05, 0) is 43.2 Å². The van der Waals surface area contributed by atoms with Crippen LogP contribution in [0.15, 0.2) is 41.2 Å². The van der Waals surface area contributed by atoms with Gasteiger partial charge in [0.1, 0.15) is 10.7 Å². The van der Waals surface area contributed by atoms with Crippen LogP contribution in [0.4, 0.5) is 11.5 Å². The van der Waals surface area contributed by atoms with Crippen LogP contribution in [0.3, 0.4) is 0 Å². The number of anilines is 2. The van der Waals surface area contributed by atoms with E-state index in [1.54, 1.807) is 19.2 Å². The number of hydrogen-bond donors (Lipinski definition) is 0. The maximum atomic E-state index is 12.3. The van der Waals surface area contributed by atoms with Crippen molar-refractivity contribution in [1.82, 2.24) is 14.5 Å². The second kappa shape index (κ2) is 6.47. The van der Waals surface area contributed by atoms with E-state index in [0.717, 1.165) is 11.3 Å².